The molecule has 0 aliphatic heterocycles. The quantitative estimate of drug-likeness (QED) is 0.0134. The molecule has 0 aromatic heterocycles. The first kappa shape index (κ1) is 69.8. The Balaban J connectivity index is -0.000000986. The molecule has 0 aliphatic rings. The number of ether oxygens (including phenoxy) is 6. The van der Waals surface area contributed by atoms with Crippen LogP contribution in [0.3, 0.4) is 0 Å². The van der Waals surface area contributed by atoms with Crippen molar-refractivity contribution in [2.24, 2.45) is 16.0 Å². The van der Waals surface area contributed by atoms with Crippen LogP contribution in [-0.4, -0.2) is 176 Å². The normalized spacial score (nSPS) is 12.7. The molecule has 2 atom stereocenters. The molecule has 0 radical (unpaired) electrons. The molecule has 2 amide bonds. The van der Waals surface area contributed by atoms with E-state index in [-0.39, 0.29) is 62.0 Å². The Hall–Kier alpha value is -2.45. The van der Waals surface area contributed by atoms with E-state index in [2.05, 4.69) is 112 Å². The van der Waals surface area contributed by atoms with Crippen LogP contribution in [0.2, 0.25) is 36.3 Å². The van der Waals surface area contributed by atoms with Crippen LogP contribution in [0.4, 0.5) is 0 Å². The van der Waals surface area contributed by atoms with Crippen molar-refractivity contribution in [1.29, 1.82) is 0 Å². The second kappa shape index (κ2) is 44.5. The number of aliphatic hydroxyl groups excluding tert-OH is 2. The van der Waals surface area contributed by atoms with Gasteiger partial charge in [0.1, 0.15) is 13.2 Å². The third kappa shape index (κ3) is 43.6. The van der Waals surface area contributed by atoms with Crippen molar-refractivity contribution in [2.45, 2.75) is 161 Å². The van der Waals surface area contributed by atoms with Crippen molar-refractivity contribution in [3.8, 4) is 0 Å². The van der Waals surface area contributed by atoms with Gasteiger partial charge in [0.15, 0.2) is 16.6 Å². The standard InChI is InChI=1S/C20H42N4O5Si.C13H26N4O6.C12H29NOSi/c1-7-8-18(9-11-29-30(5,6)20(2,3)4)23-19(25)17-28-16-15-27-14-13-26-12-10-22-24-21;14-17-15-3-6-21-7-8-22-9-10-23-11-13(20)16-12(1-4-18)2-5-19;1-7-8-11(13)9-10-14-15(5,6)12(2,3)4/h18H,7-17H2,1-6H3,(H,23,25);12,18-19H,1-11H2,(H,16,20);11H,7-10,13H2,1-6H3. The number of carbonyl (C=O) groups is 2. The molecule has 21 nitrogen and oxygen atoms in total. The molecule has 23 heteroatoms. The Bertz CT molecular complexity index is 1310. The van der Waals surface area contributed by atoms with Gasteiger partial charge in [0.25, 0.3) is 0 Å². The molecule has 0 aliphatic carbocycles. The third-order valence-electron chi connectivity index (χ3n) is 11.2. The first-order valence-corrected chi connectivity index (χ1v) is 30.2. The van der Waals surface area contributed by atoms with E-state index in [0.717, 1.165) is 38.7 Å². The molecule has 0 saturated heterocycles. The van der Waals surface area contributed by atoms with Crippen molar-refractivity contribution in [2.75, 3.05) is 119 Å². The zero-order valence-corrected chi connectivity index (χ0v) is 46.4. The molecule has 6 N–H and O–H groups in total. The first-order valence-electron chi connectivity index (χ1n) is 24.4. The number of aliphatic hydroxyl groups is 2. The molecule has 402 valence electrons. The molecule has 0 aromatic rings. The first-order chi connectivity index (χ1) is 32.1. The number of nitrogens with one attached hydrogen (secondary N) is 2. The molecule has 0 fully saturated rings. The average molecular weight is 1010 g/mol. The molecule has 0 heterocycles. The molecule has 0 saturated carbocycles. The summed E-state index contributed by atoms with van der Waals surface area (Å²) < 4.78 is 43.8. The molecule has 0 aromatic carbocycles. The van der Waals surface area contributed by atoms with Crippen LogP contribution in [0.5, 0.6) is 0 Å². The summed E-state index contributed by atoms with van der Waals surface area (Å²) >= 11 is 0. The number of nitrogens with two attached hydrogens (primary N) is 1. The molecule has 0 bridgehead atoms. The number of rotatable bonds is 40. The maximum Gasteiger partial charge on any atom is 0.246 e. The van der Waals surface area contributed by atoms with E-state index in [9.17, 15) is 9.59 Å². The van der Waals surface area contributed by atoms with E-state index in [4.69, 9.17) is 64.3 Å². The number of azide groups is 2. The topological polar surface area (TPSA) is 296 Å². The van der Waals surface area contributed by atoms with Gasteiger partial charge in [-0.3, -0.25) is 9.59 Å². The number of amides is 2. The van der Waals surface area contributed by atoms with Crippen LogP contribution in [-0.2, 0) is 46.9 Å². The minimum atomic E-state index is -1.76. The second-order valence-corrected chi connectivity index (χ2v) is 28.8. The predicted molar refractivity (Wildman–Crippen MR) is 274 cm³/mol. The lowest BCUT2D eigenvalue weighted by molar-refractivity contribution is -0.128. The van der Waals surface area contributed by atoms with Crippen LogP contribution in [0.15, 0.2) is 10.2 Å². The monoisotopic (exact) mass is 1010 g/mol. The smallest absolute Gasteiger partial charge is 0.246 e. The van der Waals surface area contributed by atoms with Crippen LogP contribution >= 0.6 is 0 Å². The van der Waals surface area contributed by atoms with Crippen molar-refractivity contribution in [3.05, 3.63) is 20.9 Å². The number of carbonyl (C=O) groups excluding carboxylic acids is 2. The number of hydrogen-bond acceptors (Lipinski definition) is 15. The Morgan fingerprint density at radius 2 is 0.882 bits per heavy atom. The van der Waals surface area contributed by atoms with E-state index in [0.29, 0.717) is 103 Å². The zero-order chi connectivity index (χ0) is 52.2. The summed E-state index contributed by atoms with van der Waals surface area (Å²) in [5.41, 5.74) is 22.1. The summed E-state index contributed by atoms with van der Waals surface area (Å²) in [6.07, 6.45) is 6.82. The van der Waals surface area contributed by atoms with Crippen molar-refractivity contribution < 1.29 is 57.1 Å². The highest BCUT2D eigenvalue weighted by atomic mass is 28.4. The van der Waals surface area contributed by atoms with Crippen LogP contribution in [0, 0.1) is 0 Å². The number of hydrogen-bond donors (Lipinski definition) is 5. The molecular weight excluding hydrogens is 915 g/mol. The highest BCUT2D eigenvalue weighted by Crippen LogP contribution is 2.37. The SMILES string of the molecule is CCCC(CCO[Si](C)(C)C(C)(C)C)NC(=O)COCCOCCOCCN=[N+]=[N-].CCCC(N)CCO[Si](C)(C)C(C)(C)C.[N-]=[N+]=NCCOCCOCCOCC(=O)NC(CCO)CCO. The maximum atomic E-state index is 12.1. The minimum Gasteiger partial charge on any atom is -0.417 e. The lowest BCUT2D eigenvalue weighted by Gasteiger charge is -2.36. The average Bonchev–Trinajstić information content (AvgIpc) is 3.24. The summed E-state index contributed by atoms with van der Waals surface area (Å²) in [5, 5.41) is 30.6. The van der Waals surface area contributed by atoms with Crippen LogP contribution in [0.1, 0.15) is 107 Å². The fourth-order valence-electron chi connectivity index (χ4n) is 5.16. The summed E-state index contributed by atoms with van der Waals surface area (Å²) in [6, 6.07) is 0.175. The fourth-order valence-corrected chi connectivity index (χ4v) is 7.28. The Labute approximate surface area is 411 Å². The lowest BCUT2D eigenvalue weighted by atomic mass is 10.1. The van der Waals surface area contributed by atoms with E-state index in [1.807, 2.05) is 0 Å². The van der Waals surface area contributed by atoms with E-state index in [1.54, 1.807) is 0 Å². The van der Waals surface area contributed by atoms with Gasteiger partial charge >= 0.3 is 0 Å². The maximum absolute atomic E-state index is 12.1. The molecule has 0 rings (SSSR count). The summed E-state index contributed by atoms with van der Waals surface area (Å²) in [6.45, 7) is 32.5. The van der Waals surface area contributed by atoms with E-state index < -0.39 is 16.6 Å². The predicted octanol–water partition coefficient (Wildman–Crippen LogP) is 7.17. The van der Waals surface area contributed by atoms with Crippen LogP contribution < -0.4 is 16.4 Å². The highest BCUT2D eigenvalue weighted by Gasteiger charge is 2.38. The van der Waals surface area contributed by atoms with Crippen molar-refractivity contribution in [3.63, 3.8) is 0 Å². The van der Waals surface area contributed by atoms with Gasteiger partial charge in [-0.1, -0.05) is 78.5 Å². The van der Waals surface area contributed by atoms with Gasteiger partial charge < -0.3 is 63.9 Å². The van der Waals surface area contributed by atoms with Crippen molar-refractivity contribution >= 4 is 28.4 Å². The zero-order valence-electron chi connectivity index (χ0n) is 44.4. The largest absolute Gasteiger partial charge is 0.417 e. The number of nitrogens with zero attached hydrogens (tertiary/aromatic N) is 6. The Kier molecular flexibility index (Phi) is 45.7. The van der Waals surface area contributed by atoms with E-state index in [1.165, 1.54) is 6.42 Å². The van der Waals surface area contributed by atoms with Gasteiger partial charge in [-0.2, -0.15) is 0 Å². The summed E-state index contributed by atoms with van der Waals surface area (Å²) in [7, 11) is -3.31. The van der Waals surface area contributed by atoms with Gasteiger partial charge in [0.05, 0.1) is 66.1 Å². The lowest BCUT2D eigenvalue weighted by Crippen LogP contribution is -2.43. The van der Waals surface area contributed by atoms with E-state index >= 15 is 0 Å². The van der Waals surface area contributed by atoms with Gasteiger partial charge in [0, 0.05) is 67.5 Å². The van der Waals surface area contributed by atoms with Crippen molar-refractivity contribution in [1.82, 2.24) is 10.6 Å². The van der Waals surface area contributed by atoms with Crippen LogP contribution in [0.25, 0.3) is 20.9 Å². The highest BCUT2D eigenvalue weighted by molar-refractivity contribution is 6.74. The fraction of sp³-hybridized carbons (Fsp3) is 0.956. The van der Waals surface area contributed by atoms with Gasteiger partial charge in [0.2, 0.25) is 11.8 Å². The van der Waals surface area contributed by atoms with Gasteiger partial charge in [-0.25, -0.2) is 0 Å². The Morgan fingerprint density at radius 3 is 1.22 bits per heavy atom. The summed E-state index contributed by atoms with van der Waals surface area (Å²) in [5.74, 6) is -0.402. The third-order valence-corrected chi connectivity index (χ3v) is 20.3. The summed E-state index contributed by atoms with van der Waals surface area (Å²) in [4.78, 5) is 28.9. The Morgan fingerprint density at radius 1 is 0.544 bits per heavy atom. The molecule has 2 unspecified atom stereocenters. The van der Waals surface area contributed by atoms with Gasteiger partial charge in [-0.15, -0.1) is 0 Å². The molecule has 68 heavy (non-hydrogen) atoms. The minimum absolute atomic E-state index is 0.0231. The second-order valence-electron chi connectivity index (χ2n) is 19.1. The molecular formula is C45H97N9O12Si2. The molecule has 0 spiro atoms. The van der Waals surface area contributed by atoms with Gasteiger partial charge in [-0.05, 0) is 85.9 Å².